The van der Waals surface area contributed by atoms with Crippen LogP contribution >= 0.6 is 11.6 Å². The molecule has 18 heavy (non-hydrogen) atoms. The smallest absolute Gasteiger partial charge is 0.135 e. The van der Waals surface area contributed by atoms with Crippen LogP contribution in [0.5, 0.6) is 0 Å². The molecule has 2 aromatic carbocycles. The van der Waals surface area contributed by atoms with Gasteiger partial charge in [0.15, 0.2) is 0 Å². The molecule has 0 bridgehead atoms. The molecule has 1 atom stereocenters. The highest BCUT2D eigenvalue weighted by Crippen LogP contribution is 2.13. The molecule has 3 heteroatoms. The molecular weight excluding hydrogens is 264 g/mol. The lowest BCUT2D eigenvalue weighted by Gasteiger charge is -2.05. The van der Waals surface area contributed by atoms with Gasteiger partial charge in [-0.2, -0.15) is 0 Å². The van der Waals surface area contributed by atoms with Crippen LogP contribution in [0.1, 0.15) is 11.1 Å². The zero-order valence-corrected chi connectivity index (χ0v) is 11.3. The van der Waals surface area contributed by atoms with Gasteiger partial charge in [-0.25, -0.2) is 0 Å². The molecule has 0 fully saturated rings. The summed E-state index contributed by atoms with van der Waals surface area (Å²) in [6, 6.07) is 17.3. The molecule has 0 saturated heterocycles. The fraction of sp³-hybridized carbons (Fsp3) is 0.0667. The molecular formula is C15H13ClOS. The fourth-order valence-electron chi connectivity index (χ4n) is 1.51. The van der Waals surface area contributed by atoms with Crippen molar-refractivity contribution in [2.45, 2.75) is 5.75 Å². The van der Waals surface area contributed by atoms with Gasteiger partial charge in [-0.1, -0.05) is 54.1 Å². The van der Waals surface area contributed by atoms with Crippen molar-refractivity contribution in [2.75, 3.05) is 0 Å². The Labute approximate surface area is 115 Å². The summed E-state index contributed by atoms with van der Waals surface area (Å²) < 4.78 is 11.9. The number of benzene rings is 2. The summed E-state index contributed by atoms with van der Waals surface area (Å²) in [5.74, 6) is 0.547. The van der Waals surface area contributed by atoms with Gasteiger partial charge < -0.3 is 4.55 Å². The van der Waals surface area contributed by atoms with Crippen LogP contribution in [0.4, 0.5) is 0 Å². The summed E-state index contributed by atoms with van der Waals surface area (Å²) in [5.41, 5.74) is 2.08. The second-order valence-corrected chi connectivity index (χ2v) is 5.62. The second kappa shape index (κ2) is 6.64. The molecule has 0 amide bonds. The second-order valence-electron chi connectivity index (χ2n) is 3.86. The average Bonchev–Trinajstić information content (AvgIpc) is 2.39. The highest BCUT2D eigenvalue weighted by atomic mass is 35.5. The van der Waals surface area contributed by atoms with Crippen molar-refractivity contribution in [3.63, 3.8) is 0 Å². The summed E-state index contributed by atoms with van der Waals surface area (Å²) in [6.45, 7) is 0. The van der Waals surface area contributed by atoms with E-state index in [2.05, 4.69) is 0 Å². The molecule has 0 spiro atoms. The quantitative estimate of drug-likeness (QED) is 0.765. The number of rotatable bonds is 4. The van der Waals surface area contributed by atoms with Crippen LogP contribution in [-0.2, 0) is 16.9 Å². The summed E-state index contributed by atoms with van der Waals surface area (Å²) in [4.78, 5) is 0. The molecule has 92 valence electrons. The van der Waals surface area contributed by atoms with E-state index in [-0.39, 0.29) is 0 Å². The number of hydrogen-bond donors (Lipinski definition) is 0. The Kier molecular flexibility index (Phi) is 4.88. The molecule has 0 saturated carbocycles. The van der Waals surface area contributed by atoms with Crippen LogP contribution in [-0.4, -0.2) is 4.55 Å². The number of hydrogen-bond acceptors (Lipinski definition) is 1. The maximum atomic E-state index is 11.9. The lowest BCUT2D eigenvalue weighted by molar-refractivity contribution is 0.603. The highest BCUT2D eigenvalue weighted by Gasteiger charge is 2.02. The van der Waals surface area contributed by atoms with Gasteiger partial charge >= 0.3 is 0 Å². The lowest BCUT2D eigenvalue weighted by atomic mass is 10.2. The van der Waals surface area contributed by atoms with Gasteiger partial charge in [-0.05, 0) is 34.9 Å². The summed E-state index contributed by atoms with van der Waals surface area (Å²) in [7, 11) is 0. The van der Waals surface area contributed by atoms with Gasteiger partial charge in [0.25, 0.3) is 0 Å². The van der Waals surface area contributed by atoms with Crippen LogP contribution in [0.3, 0.4) is 0 Å². The van der Waals surface area contributed by atoms with Crippen LogP contribution in [0, 0.1) is 0 Å². The van der Waals surface area contributed by atoms with E-state index in [0.717, 1.165) is 11.1 Å². The molecule has 1 unspecified atom stereocenters. The average molecular weight is 277 g/mol. The Morgan fingerprint density at radius 3 is 2.33 bits per heavy atom. The predicted octanol–water partition coefficient (Wildman–Crippen LogP) is 4.26. The van der Waals surface area contributed by atoms with E-state index in [1.165, 1.54) is 0 Å². The third-order valence-electron chi connectivity index (χ3n) is 2.43. The predicted molar refractivity (Wildman–Crippen MR) is 78.8 cm³/mol. The topological polar surface area (TPSA) is 23.1 Å². The summed E-state index contributed by atoms with van der Waals surface area (Å²) in [5, 5.41) is 2.42. The van der Waals surface area contributed by atoms with Gasteiger partial charge in [-0.3, -0.25) is 0 Å². The summed E-state index contributed by atoms with van der Waals surface area (Å²) in [6.07, 6.45) is 1.86. The minimum atomic E-state index is -0.990. The SMILES string of the molecule is [O-][S+](/C=C/c1ccc(Cl)cc1)Cc1ccccc1. The monoisotopic (exact) mass is 276 g/mol. The Hall–Kier alpha value is -1.22. The molecule has 0 N–H and O–H groups in total. The van der Waals surface area contributed by atoms with E-state index in [1.807, 2.05) is 60.7 Å². The molecule has 0 radical (unpaired) electrons. The maximum absolute atomic E-state index is 11.9. The minimum Gasteiger partial charge on any atom is -0.612 e. The van der Waals surface area contributed by atoms with Crippen molar-refractivity contribution in [3.8, 4) is 0 Å². The van der Waals surface area contributed by atoms with Gasteiger partial charge in [0.2, 0.25) is 0 Å². The van der Waals surface area contributed by atoms with Gasteiger partial charge in [-0.15, -0.1) is 0 Å². The fourth-order valence-corrected chi connectivity index (χ4v) is 2.57. The minimum absolute atomic E-state index is 0.547. The van der Waals surface area contributed by atoms with Crippen molar-refractivity contribution in [3.05, 3.63) is 76.2 Å². The first-order valence-electron chi connectivity index (χ1n) is 5.59. The van der Waals surface area contributed by atoms with Crippen LogP contribution in [0.25, 0.3) is 6.08 Å². The summed E-state index contributed by atoms with van der Waals surface area (Å²) >= 11 is 4.81. The van der Waals surface area contributed by atoms with Crippen LogP contribution < -0.4 is 0 Å². The first kappa shape index (κ1) is 13.2. The van der Waals surface area contributed by atoms with Crippen LogP contribution in [0.15, 0.2) is 60.0 Å². The Morgan fingerprint density at radius 2 is 1.67 bits per heavy atom. The molecule has 0 aromatic heterocycles. The van der Waals surface area contributed by atoms with Gasteiger partial charge in [0.1, 0.15) is 11.2 Å². The molecule has 2 aromatic rings. The van der Waals surface area contributed by atoms with Crippen molar-refractivity contribution in [1.29, 1.82) is 0 Å². The third kappa shape index (κ3) is 4.22. The molecule has 0 aliphatic rings. The van der Waals surface area contributed by atoms with Crippen molar-refractivity contribution in [1.82, 2.24) is 0 Å². The van der Waals surface area contributed by atoms with Crippen molar-refractivity contribution in [2.24, 2.45) is 0 Å². The largest absolute Gasteiger partial charge is 0.612 e. The first-order chi connectivity index (χ1) is 8.74. The molecule has 1 nitrogen and oxygen atoms in total. The molecule has 0 aliphatic carbocycles. The first-order valence-corrected chi connectivity index (χ1v) is 7.35. The standard InChI is InChI=1S/C15H13ClOS/c16-15-8-6-13(7-9-15)10-11-18(17)12-14-4-2-1-3-5-14/h1-11H,12H2/b11-10+. The Balaban J connectivity index is 1.95. The van der Waals surface area contributed by atoms with E-state index in [4.69, 9.17) is 11.6 Å². The van der Waals surface area contributed by atoms with E-state index in [9.17, 15) is 4.55 Å². The van der Waals surface area contributed by atoms with Crippen molar-refractivity contribution < 1.29 is 4.55 Å². The van der Waals surface area contributed by atoms with E-state index < -0.39 is 11.2 Å². The normalized spacial score (nSPS) is 12.8. The zero-order chi connectivity index (χ0) is 12.8. The maximum Gasteiger partial charge on any atom is 0.135 e. The van der Waals surface area contributed by atoms with Gasteiger partial charge in [0.05, 0.1) is 0 Å². The highest BCUT2D eigenvalue weighted by molar-refractivity contribution is 7.93. The Morgan fingerprint density at radius 1 is 1.00 bits per heavy atom. The van der Waals surface area contributed by atoms with E-state index in [1.54, 1.807) is 5.41 Å². The lowest BCUT2D eigenvalue weighted by Crippen LogP contribution is -1.99. The molecule has 2 rings (SSSR count). The molecule has 0 aliphatic heterocycles. The third-order valence-corrected chi connectivity index (χ3v) is 3.74. The number of halogens is 1. The Bertz CT molecular complexity index is 508. The zero-order valence-electron chi connectivity index (χ0n) is 9.75. The van der Waals surface area contributed by atoms with Gasteiger partial charge in [0, 0.05) is 10.6 Å². The van der Waals surface area contributed by atoms with Crippen molar-refractivity contribution >= 4 is 28.9 Å². The van der Waals surface area contributed by atoms with E-state index >= 15 is 0 Å². The molecule has 0 heterocycles. The van der Waals surface area contributed by atoms with Crippen LogP contribution in [0.2, 0.25) is 5.02 Å². The van der Waals surface area contributed by atoms with E-state index in [0.29, 0.717) is 10.8 Å².